The molecule has 0 aromatic heterocycles. The molecule has 0 atom stereocenters. The number of hydrogen-bond donors (Lipinski definition) is 0. The molecule has 0 amide bonds. The summed E-state index contributed by atoms with van der Waals surface area (Å²) in [7, 11) is 0. The van der Waals surface area contributed by atoms with Gasteiger partial charge in [-0.25, -0.2) is 4.79 Å². The van der Waals surface area contributed by atoms with Gasteiger partial charge in [0.05, 0.1) is 24.9 Å². The van der Waals surface area contributed by atoms with Crippen LogP contribution in [0.15, 0.2) is 0 Å². The maximum Gasteiger partial charge on any atom is 0.332 e. The Morgan fingerprint density at radius 3 is 2.27 bits per heavy atom. The first-order chi connectivity index (χ1) is 6.81. The summed E-state index contributed by atoms with van der Waals surface area (Å²) in [6, 6.07) is 0. The molecule has 0 N–H and O–H groups in total. The zero-order chi connectivity index (χ0) is 11.9. The van der Waals surface area contributed by atoms with E-state index in [0.29, 0.717) is 13.2 Å². The molecule has 4 nitrogen and oxygen atoms in total. The lowest BCUT2D eigenvalue weighted by Crippen LogP contribution is -2.23. The number of ether oxygens (including phenoxy) is 3. The number of carbonyl (C=O) groups excluding carboxylic acids is 1. The minimum absolute atomic E-state index is 0.00825. The smallest absolute Gasteiger partial charge is 0.332 e. The lowest BCUT2D eigenvalue weighted by atomic mass is 10.2. The van der Waals surface area contributed by atoms with Gasteiger partial charge in [-0.3, -0.25) is 0 Å². The van der Waals surface area contributed by atoms with Crippen LogP contribution in [0.4, 0.5) is 0 Å². The molecule has 0 fully saturated rings. The molecule has 0 saturated heterocycles. The van der Waals surface area contributed by atoms with E-state index in [0.717, 1.165) is 0 Å². The largest absolute Gasteiger partial charge is 0.461 e. The van der Waals surface area contributed by atoms with E-state index >= 15 is 0 Å². The van der Waals surface area contributed by atoms with Crippen molar-refractivity contribution in [3.8, 4) is 0 Å². The van der Waals surface area contributed by atoms with E-state index in [1.165, 1.54) is 0 Å². The zero-order valence-electron chi connectivity index (χ0n) is 10.3. The summed E-state index contributed by atoms with van der Waals surface area (Å²) in [6.45, 7) is 10.4. The normalized spacial score (nSPS) is 11.9. The molecule has 0 saturated carbocycles. The van der Waals surface area contributed by atoms with Gasteiger partial charge >= 0.3 is 5.97 Å². The first-order valence-corrected chi connectivity index (χ1v) is 5.22. The van der Waals surface area contributed by atoms with Crippen LogP contribution in [0, 0.1) is 0 Å². The summed E-state index contributed by atoms with van der Waals surface area (Å²) in [4.78, 5) is 11.0. The predicted octanol–water partition coefficient (Wildman–Crippen LogP) is 1.77. The van der Waals surface area contributed by atoms with E-state index in [4.69, 9.17) is 14.2 Å². The van der Waals surface area contributed by atoms with Crippen LogP contribution in [0.2, 0.25) is 0 Å². The van der Waals surface area contributed by atoms with Crippen molar-refractivity contribution in [1.82, 2.24) is 0 Å². The molecule has 0 aliphatic carbocycles. The van der Waals surface area contributed by atoms with Crippen molar-refractivity contribution in [1.29, 1.82) is 0 Å². The minimum atomic E-state index is -0.333. The molecule has 4 heteroatoms. The molecule has 0 aromatic rings. The predicted molar refractivity (Wildman–Crippen MR) is 57.8 cm³/mol. The van der Waals surface area contributed by atoms with E-state index in [9.17, 15) is 4.79 Å². The van der Waals surface area contributed by atoms with Gasteiger partial charge in [-0.1, -0.05) is 0 Å². The van der Waals surface area contributed by atoms with Crippen molar-refractivity contribution in [2.24, 2.45) is 0 Å². The summed E-state index contributed by atoms with van der Waals surface area (Å²) in [5.41, 5.74) is -0.165. The van der Waals surface area contributed by atoms with Crippen molar-refractivity contribution < 1.29 is 19.0 Å². The average Bonchev–Trinajstić information content (AvgIpc) is 1.99. The van der Waals surface area contributed by atoms with Crippen molar-refractivity contribution in [2.75, 3.05) is 19.8 Å². The molecule has 15 heavy (non-hydrogen) atoms. The van der Waals surface area contributed by atoms with Gasteiger partial charge in [-0.05, 0) is 34.6 Å². The molecule has 0 aliphatic heterocycles. The fourth-order valence-electron chi connectivity index (χ4n) is 0.859. The molecule has 0 rings (SSSR count). The van der Waals surface area contributed by atoms with Gasteiger partial charge in [0.15, 0.2) is 0 Å². The van der Waals surface area contributed by atoms with Gasteiger partial charge in [0.1, 0.15) is 6.61 Å². The Balaban J connectivity index is 3.35. The summed E-state index contributed by atoms with van der Waals surface area (Å²) in [5, 5.41) is 0. The first kappa shape index (κ1) is 14.4. The third-order valence-electron chi connectivity index (χ3n) is 1.35. The van der Waals surface area contributed by atoms with Gasteiger partial charge in [0.2, 0.25) is 0 Å². The molecule has 0 heterocycles. The van der Waals surface area contributed by atoms with Crippen molar-refractivity contribution in [3.05, 3.63) is 0 Å². The number of carbonyl (C=O) groups is 1. The Morgan fingerprint density at radius 1 is 1.20 bits per heavy atom. The Kier molecular flexibility index (Phi) is 6.52. The Hall–Kier alpha value is -0.610. The second-order valence-corrected chi connectivity index (χ2v) is 4.55. The number of hydrogen-bond acceptors (Lipinski definition) is 4. The molecule has 90 valence electrons. The summed E-state index contributed by atoms with van der Waals surface area (Å²) < 4.78 is 15.4. The van der Waals surface area contributed by atoms with Crippen LogP contribution in [0.3, 0.4) is 0 Å². The average molecular weight is 218 g/mol. The molecular formula is C11H22O4. The van der Waals surface area contributed by atoms with Gasteiger partial charge < -0.3 is 14.2 Å². The van der Waals surface area contributed by atoms with Crippen molar-refractivity contribution >= 4 is 5.97 Å². The lowest BCUT2D eigenvalue weighted by Gasteiger charge is -2.19. The quantitative estimate of drug-likeness (QED) is 0.503. The highest BCUT2D eigenvalue weighted by molar-refractivity contribution is 5.70. The van der Waals surface area contributed by atoms with Crippen LogP contribution >= 0.6 is 0 Å². The van der Waals surface area contributed by atoms with E-state index in [1.54, 1.807) is 13.8 Å². The summed E-state index contributed by atoms with van der Waals surface area (Å²) in [6.07, 6.45) is -0.0908. The molecule has 0 spiro atoms. The molecule has 0 bridgehead atoms. The summed E-state index contributed by atoms with van der Waals surface area (Å²) >= 11 is 0. The lowest BCUT2D eigenvalue weighted by molar-refractivity contribution is -0.153. The van der Waals surface area contributed by atoms with Crippen LogP contribution in [0.25, 0.3) is 0 Å². The highest BCUT2D eigenvalue weighted by atomic mass is 16.6. The minimum Gasteiger partial charge on any atom is -0.461 e. The highest BCUT2D eigenvalue weighted by Crippen LogP contribution is 2.05. The maximum atomic E-state index is 11.0. The number of rotatable bonds is 6. The molecule has 0 aliphatic rings. The van der Waals surface area contributed by atoms with Crippen LogP contribution in [-0.2, 0) is 19.0 Å². The molecule has 0 radical (unpaired) electrons. The second kappa shape index (κ2) is 6.80. The Morgan fingerprint density at radius 2 is 1.80 bits per heavy atom. The van der Waals surface area contributed by atoms with Gasteiger partial charge in [0, 0.05) is 0 Å². The highest BCUT2D eigenvalue weighted by Gasteiger charge is 2.10. The fourth-order valence-corrected chi connectivity index (χ4v) is 0.859. The zero-order valence-corrected chi connectivity index (χ0v) is 10.3. The van der Waals surface area contributed by atoms with Gasteiger partial charge in [0.25, 0.3) is 0 Å². The van der Waals surface area contributed by atoms with Crippen molar-refractivity contribution in [3.63, 3.8) is 0 Å². The van der Waals surface area contributed by atoms with Crippen LogP contribution in [0.1, 0.15) is 34.6 Å². The van der Waals surface area contributed by atoms with E-state index in [-0.39, 0.29) is 24.3 Å². The Labute approximate surface area is 91.9 Å². The van der Waals surface area contributed by atoms with E-state index in [2.05, 4.69) is 0 Å². The van der Waals surface area contributed by atoms with Crippen molar-refractivity contribution in [2.45, 2.75) is 46.3 Å². The maximum absolute atomic E-state index is 11.0. The topological polar surface area (TPSA) is 44.8 Å². The van der Waals surface area contributed by atoms with Crippen LogP contribution in [0.5, 0.6) is 0 Å². The summed E-state index contributed by atoms with van der Waals surface area (Å²) in [5.74, 6) is -0.333. The second-order valence-electron chi connectivity index (χ2n) is 4.55. The molecule has 0 unspecified atom stereocenters. The van der Waals surface area contributed by atoms with Crippen LogP contribution in [-0.4, -0.2) is 37.5 Å². The first-order valence-electron chi connectivity index (χ1n) is 5.22. The van der Waals surface area contributed by atoms with Gasteiger partial charge in [-0.15, -0.1) is 0 Å². The van der Waals surface area contributed by atoms with E-state index in [1.807, 2.05) is 20.8 Å². The monoisotopic (exact) mass is 218 g/mol. The standard InChI is InChI=1S/C11H22O4/c1-9(2)15-10(12)8-13-6-7-14-11(3,4)5/h9H,6-8H2,1-5H3. The Bertz CT molecular complexity index is 182. The van der Waals surface area contributed by atoms with E-state index < -0.39 is 0 Å². The third-order valence-corrected chi connectivity index (χ3v) is 1.35. The third kappa shape index (κ3) is 11.3. The number of esters is 1. The van der Waals surface area contributed by atoms with Gasteiger partial charge in [-0.2, -0.15) is 0 Å². The SMILES string of the molecule is CC(C)OC(=O)COCCOC(C)(C)C. The molecule has 0 aromatic carbocycles. The molecular weight excluding hydrogens is 196 g/mol. The van der Waals surface area contributed by atoms with Crippen LogP contribution < -0.4 is 0 Å². The fraction of sp³-hybridized carbons (Fsp3) is 0.909.